The Labute approximate surface area is 242 Å². The molecular formula is C30H36N4O6S. The lowest BCUT2D eigenvalue weighted by atomic mass is 10.0. The van der Waals surface area contributed by atoms with E-state index in [1.807, 2.05) is 45.0 Å². The van der Waals surface area contributed by atoms with E-state index >= 15 is 0 Å². The number of likely N-dealkylation sites (tertiary alicyclic amines) is 1. The summed E-state index contributed by atoms with van der Waals surface area (Å²) in [6, 6.07) is 7.51. The van der Waals surface area contributed by atoms with Gasteiger partial charge in [-0.1, -0.05) is 18.2 Å². The molecule has 0 spiro atoms. The highest BCUT2D eigenvalue weighted by molar-refractivity contribution is 7.22. The van der Waals surface area contributed by atoms with Crippen LogP contribution in [0.15, 0.2) is 50.7 Å². The summed E-state index contributed by atoms with van der Waals surface area (Å²) >= 11 is 1.27. The van der Waals surface area contributed by atoms with Crippen molar-refractivity contribution in [3.05, 3.63) is 68.7 Å². The highest BCUT2D eigenvalue weighted by Gasteiger charge is 2.39. The zero-order valence-electron chi connectivity index (χ0n) is 24.3. The van der Waals surface area contributed by atoms with Crippen LogP contribution in [-0.4, -0.2) is 51.2 Å². The predicted octanol–water partition coefficient (Wildman–Crippen LogP) is 4.72. The van der Waals surface area contributed by atoms with Crippen LogP contribution in [0.2, 0.25) is 0 Å². The minimum atomic E-state index is -1.41. The van der Waals surface area contributed by atoms with E-state index in [-0.39, 0.29) is 18.6 Å². The Balaban J connectivity index is 1.78. The monoisotopic (exact) mass is 580 g/mol. The molecule has 1 aliphatic heterocycles. The molecule has 1 fully saturated rings. The minimum Gasteiger partial charge on any atom is -0.496 e. The number of benzene rings is 1. The maximum Gasteiger partial charge on any atom is 0.333 e. The van der Waals surface area contributed by atoms with E-state index < -0.39 is 22.9 Å². The van der Waals surface area contributed by atoms with Crippen molar-refractivity contribution >= 4 is 27.5 Å². The molecule has 10 nitrogen and oxygen atoms in total. The number of carbonyl (C=O) groups excluding carboxylic acids is 1. The van der Waals surface area contributed by atoms with Crippen molar-refractivity contribution in [3.63, 3.8) is 0 Å². The molecule has 3 aromatic heterocycles. The third kappa shape index (κ3) is 5.12. The normalized spacial score (nSPS) is 14.8. The van der Waals surface area contributed by atoms with Gasteiger partial charge in [0.25, 0.3) is 5.56 Å². The number of hydrogen-bond acceptors (Lipinski definition) is 8. The van der Waals surface area contributed by atoms with Crippen LogP contribution in [0.5, 0.6) is 5.75 Å². The Morgan fingerprint density at radius 1 is 1.17 bits per heavy atom. The largest absolute Gasteiger partial charge is 0.496 e. The van der Waals surface area contributed by atoms with Crippen molar-refractivity contribution in [2.24, 2.45) is 0 Å². The number of para-hydroxylation sites is 1. The van der Waals surface area contributed by atoms with Gasteiger partial charge in [0.15, 0.2) is 0 Å². The zero-order chi connectivity index (χ0) is 29.5. The average molecular weight is 581 g/mol. The fourth-order valence-corrected chi connectivity index (χ4v) is 6.83. The third-order valence-electron chi connectivity index (χ3n) is 7.59. The standard InChI is InChI=1S/C30H36N4O6S/c1-18(2)40-22(20-11-7-8-12-21(20)38-6)17-33-27-23(19(3)24(41-27)25-31-13-16-39-25)26(35)34(29(33)37)30(4,5)28(36)32-14-9-10-15-32/h7-8,11-13,16,18,22H,9-10,14-15,17H2,1-6H3. The Morgan fingerprint density at radius 2 is 1.88 bits per heavy atom. The molecular weight excluding hydrogens is 544 g/mol. The SMILES string of the molecule is COc1ccccc1C(Cn1c(=O)n(C(C)(C)C(=O)N2CCCC2)c(=O)c2c(C)c(-c3ncco3)sc21)OC(C)C. The summed E-state index contributed by atoms with van der Waals surface area (Å²) in [5.41, 5.74) is -1.08. The maximum absolute atomic E-state index is 14.4. The zero-order valence-corrected chi connectivity index (χ0v) is 25.1. The van der Waals surface area contributed by atoms with E-state index in [9.17, 15) is 14.4 Å². The fourth-order valence-electron chi connectivity index (χ4n) is 5.58. The van der Waals surface area contributed by atoms with Gasteiger partial charge in [-0.15, -0.1) is 11.3 Å². The van der Waals surface area contributed by atoms with E-state index in [0.29, 0.717) is 45.4 Å². The number of aryl methyl sites for hydroxylation is 1. The van der Waals surface area contributed by atoms with Gasteiger partial charge in [0.1, 0.15) is 28.5 Å². The second kappa shape index (κ2) is 11.3. The molecule has 5 rings (SSSR count). The van der Waals surface area contributed by atoms with E-state index in [2.05, 4.69) is 4.98 Å². The van der Waals surface area contributed by atoms with Gasteiger partial charge in [-0.05, 0) is 59.1 Å². The summed E-state index contributed by atoms with van der Waals surface area (Å²) in [6.45, 7) is 10.3. The van der Waals surface area contributed by atoms with Gasteiger partial charge in [-0.25, -0.2) is 14.3 Å². The first-order chi connectivity index (χ1) is 19.6. The predicted molar refractivity (Wildman–Crippen MR) is 158 cm³/mol. The second-order valence-corrected chi connectivity index (χ2v) is 12.1. The first-order valence-corrected chi connectivity index (χ1v) is 14.6. The Kier molecular flexibility index (Phi) is 7.93. The minimum absolute atomic E-state index is 0.0904. The first kappa shape index (κ1) is 28.8. The molecule has 1 aliphatic rings. The van der Waals surface area contributed by atoms with Crippen LogP contribution in [0.4, 0.5) is 0 Å². The van der Waals surface area contributed by atoms with Gasteiger partial charge in [0.05, 0.1) is 36.2 Å². The van der Waals surface area contributed by atoms with Crippen LogP contribution >= 0.6 is 11.3 Å². The van der Waals surface area contributed by atoms with Crippen molar-refractivity contribution in [3.8, 4) is 16.5 Å². The van der Waals surface area contributed by atoms with Crippen molar-refractivity contribution in [1.82, 2.24) is 19.0 Å². The quantitative estimate of drug-likeness (QED) is 0.282. The van der Waals surface area contributed by atoms with Gasteiger partial charge in [0, 0.05) is 18.7 Å². The van der Waals surface area contributed by atoms with E-state index in [1.54, 1.807) is 30.4 Å². The molecule has 4 heterocycles. The maximum atomic E-state index is 14.4. The number of ether oxygens (including phenoxy) is 2. The van der Waals surface area contributed by atoms with Crippen molar-refractivity contribution in [2.75, 3.05) is 20.2 Å². The Bertz CT molecular complexity index is 1680. The van der Waals surface area contributed by atoms with Crippen LogP contribution in [0.1, 0.15) is 57.8 Å². The number of amides is 1. The second-order valence-electron chi connectivity index (χ2n) is 11.1. The summed E-state index contributed by atoms with van der Waals surface area (Å²) in [7, 11) is 1.59. The van der Waals surface area contributed by atoms with Crippen LogP contribution < -0.4 is 16.0 Å². The summed E-state index contributed by atoms with van der Waals surface area (Å²) < 4.78 is 20.2. The number of thiophene rings is 1. The molecule has 0 saturated carbocycles. The number of carbonyl (C=O) groups is 1. The van der Waals surface area contributed by atoms with Crippen LogP contribution in [0.3, 0.4) is 0 Å². The van der Waals surface area contributed by atoms with Gasteiger partial charge >= 0.3 is 5.69 Å². The van der Waals surface area contributed by atoms with Crippen molar-refractivity contribution in [1.29, 1.82) is 0 Å². The number of methoxy groups -OCH3 is 1. The molecule has 1 amide bonds. The molecule has 1 saturated heterocycles. The molecule has 0 aliphatic carbocycles. The van der Waals surface area contributed by atoms with Gasteiger partial charge in [-0.2, -0.15) is 0 Å². The molecule has 1 atom stereocenters. The Hall–Kier alpha value is -3.70. The van der Waals surface area contributed by atoms with Crippen LogP contribution in [0, 0.1) is 6.92 Å². The number of oxazole rings is 1. The fraction of sp³-hybridized carbons (Fsp3) is 0.467. The van der Waals surface area contributed by atoms with Gasteiger partial charge < -0.3 is 18.8 Å². The number of rotatable bonds is 9. The molecule has 0 radical (unpaired) electrons. The summed E-state index contributed by atoms with van der Waals surface area (Å²) in [5, 5.41) is 0.355. The number of aromatic nitrogens is 3. The molecule has 1 unspecified atom stereocenters. The number of hydrogen-bond donors (Lipinski definition) is 0. The summed E-state index contributed by atoms with van der Waals surface area (Å²) in [4.78, 5) is 49.5. The van der Waals surface area contributed by atoms with E-state index in [0.717, 1.165) is 23.0 Å². The molecule has 1 aromatic carbocycles. The van der Waals surface area contributed by atoms with Gasteiger partial charge in [0.2, 0.25) is 11.8 Å². The molecule has 41 heavy (non-hydrogen) atoms. The average Bonchev–Trinajstić information content (AvgIpc) is 3.71. The molecule has 0 bridgehead atoms. The van der Waals surface area contributed by atoms with Gasteiger partial charge in [-0.3, -0.25) is 14.2 Å². The Morgan fingerprint density at radius 3 is 2.51 bits per heavy atom. The third-order valence-corrected chi connectivity index (χ3v) is 8.89. The highest BCUT2D eigenvalue weighted by Crippen LogP contribution is 2.37. The van der Waals surface area contributed by atoms with Crippen LogP contribution in [-0.2, 0) is 21.6 Å². The van der Waals surface area contributed by atoms with E-state index in [1.165, 1.54) is 23.8 Å². The smallest absolute Gasteiger partial charge is 0.333 e. The lowest BCUT2D eigenvalue weighted by Crippen LogP contribution is -2.56. The topological polar surface area (TPSA) is 109 Å². The van der Waals surface area contributed by atoms with E-state index in [4.69, 9.17) is 13.9 Å². The molecule has 11 heteroatoms. The molecule has 0 N–H and O–H groups in total. The molecule has 4 aromatic rings. The number of nitrogens with zero attached hydrogens (tertiary/aromatic N) is 4. The van der Waals surface area contributed by atoms with Crippen LogP contribution in [0.25, 0.3) is 21.0 Å². The lowest BCUT2D eigenvalue weighted by Gasteiger charge is -2.31. The molecule has 218 valence electrons. The number of fused-ring (bicyclic) bond motifs is 1. The lowest BCUT2D eigenvalue weighted by molar-refractivity contribution is -0.138. The first-order valence-electron chi connectivity index (χ1n) is 13.8. The van der Waals surface area contributed by atoms with Crippen molar-refractivity contribution < 1.29 is 18.7 Å². The summed E-state index contributed by atoms with van der Waals surface area (Å²) in [6.07, 6.45) is 4.06. The summed E-state index contributed by atoms with van der Waals surface area (Å²) in [5.74, 6) is 0.740. The van der Waals surface area contributed by atoms with Crippen molar-refractivity contribution in [2.45, 2.75) is 71.8 Å². The highest BCUT2D eigenvalue weighted by atomic mass is 32.1.